The molecule has 2 amide bonds. The molecule has 3 rings (SSSR count). The molecule has 0 unspecified atom stereocenters. The van der Waals surface area contributed by atoms with Crippen molar-refractivity contribution in [1.82, 2.24) is 24.7 Å². The smallest absolute Gasteiger partial charge is 0.312 e. The van der Waals surface area contributed by atoms with Crippen LogP contribution in [0.15, 0.2) is 30.9 Å². The zero-order valence-electron chi connectivity index (χ0n) is 12.3. The predicted octanol–water partition coefficient (Wildman–Crippen LogP) is 0.912. The Balaban J connectivity index is 2.08. The average molecular weight is 300 g/mol. The van der Waals surface area contributed by atoms with Crippen molar-refractivity contribution in [3.63, 3.8) is 0 Å². The summed E-state index contributed by atoms with van der Waals surface area (Å²) in [5.41, 5.74) is 8.64. The number of nitrogens with two attached hydrogens (primary N) is 1. The number of pyridine rings is 1. The Hall–Kier alpha value is -3.03. The zero-order chi connectivity index (χ0) is 15.7. The summed E-state index contributed by atoms with van der Waals surface area (Å²) in [6, 6.07) is 1.34. The number of methoxy groups -OCH3 is 1. The highest BCUT2D eigenvalue weighted by atomic mass is 16.5. The number of ether oxygens (including phenoxy) is 1. The van der Waals surface area contributed by atoms with Gasteiger partial charge in [0.25, 0.3) is 0 Å². The molecule has 8 nitrogen and oxygen atoms in total. The van der Waals surface area contributed by atoms with Crippen LogP contribution in [0.25, 0.3) is 16.6 Å². The molecule has 0 aliphatic heterocycles. The minimum Gasteiger partial charge on any atom is -0.494 e. The summed E-state index contributed by atoms with van der Waals surface area (Å²) in [4.78, 5) is 10.9. The standard InChI is InChI=1S/C14H16N6O2/c1-19-7-11(6-17-19)9-3-12(22-2)13-10(4-16-14(15)21)5-18-20(13)8-9/h3,5-8H,4H2,1-2H3,(H3,15,16,21). The lowest BCUT2D eigenvalue weighted by molar-refractivity contribution is 0.248. The van der Waals surface area contributed by atoms with Crippen molar-refractivity contribution in [3.8, 4) is 16.9 Å². The molecule has 3 aromatic rings. The third-order valence-corrected chi connectivity index (χ3v) is 3.36. The second kappa shape index (κ2) is 5.40. The van der Waals surface area contributed by atoms with Gasteiger partial charge in [-0.15, -0.1) is 0 Å². The molecule has 3 aromatic heterocycles. The Labute approximate surface area is 126 Å². The van der Waals surface area contributed by atoms with Crippen molar-refractivity contribution >= 4 is 11.5 Å². The molecule has 3 heterocycles. The van der Waals surface area contributed by atoms with E-state index >= 15 is 0 Å². The average Bonchev–Trinajstić information content (AvgIpc) is 3.10. The number of aromatic nitrogens is 4. The van der Waals surface area contributed by atoms with E-state index in [0.29, 0.717) is 12.3 Å². The highest BCUT2D eigenvalue weighted by Crippen LogP contribution is 2.29. The van der Waals surface area contributed by atoms with Gasteiger partial charge in [0.05, 0.1) is 19.5 Å². The van der Waals surface area contributed by atoms with Gasteiger partial charge in [0, 0.05) is 42.7 Å². The van der Waals surface area contributed by atoms with Gasteiger partial charge in [-0.25, -0.2) is 9.31 Å². The molecule has 0 atom stereocenters. The first-order chi connectivity index (χ1) is 10.6. The summed E-state index contributed by atoms with van der Waals surface area (Å²) >= 11 is 0. The normalized spacial score (nSPS) is 10.8. The number of primary amides is 1. The Morgan fingerprint density at radius 2 is 2.14 bits per heavy atom. The van der Waals surface area contributed by atoms with E-state index in [1.165, 1.54) is 0 Å². The Morgan fingerprint density at radius 3 is 2.77 bits per heavy atom. The van der Waals surface area contributed by atoms with E-state index in [1.807, 2.05) is 25.5 Å². The number of amides is 2. The van der Waals surface area contributed by atoms with Crippen LogP contribution >= 0.6 is 0 Å². The third kappa shape index (κ3) is 2.46. The second-order valence-corrected chi connectivity index (χ2v) is 4.88. The summed E-state index contributed by atoms with van der Waals surface area (Å²) in [6.45, 7) is 0.293. The number of rotatable bonds is 4. The molecule has 114 valence electrons. The van der Waals surface area contributed by atoms with Gasteiger partial charge in [-0.05, 0) is 6.07 Å². The molecular weight excluding hydrogens is 284 g/mol. The Morgan fingerprint density at radius 1 is 1.32 bits per heavy atom. The molecule has 0 spiro atoms. The quantitative estimate of drug-likeness (QED) is 0.748. The first kappa shape index (κ1) is 13.9. The van der Waals surface area contributed by atoms with Crippen LogP contribution in [0.1, 0.15) is 5.56 Å². The minimum absolute atomic E-state index is 0.293. The summed E-state index contributed by atoms with van der Waals surface area (Å²) in [7, 11) is 3.46. The van der Waals surface area contributed by atoms with Gasteiger partial charge in [-0.3, -0.25) is 4.68 Å². The molecular formula is C14H16N6O2. The summed E-state index contributed by atoms with van der Waals surface area (Å²) < 4.78 is 8.93. The molecule has 0 aliphatic rings. The van der Waals surface area contributed by atoms with Crippen LogP contribution < -0.4 is 15.8 Å². The van der Waals surface area contributed by atoms with Gasteiger partial charge >= 0.3 is 6.03 Å². The molecule has 0 aliphatic carbocycles. The first-order valence-corrected chi connectivity index (χ1v) is 6.65. The number of fused-ring (bicyclic) bond motifs is 1. The summed E-state index contributed by atoms with van der Waals surface area (Å²) in [6.07, 6.45) is 7.27. The van der Waals surface area contributed by atoms with Crippen LogP contribution in [0.5, 0.6) is 5.75 Å². The van der Waals surface area contributed by atoms with E-state index in [9.17, 15) is 4.79 Å². The number of nitrogens with zero attached hydrogens (tertiary/aromatic N) is 4. The van der Waals surface area contributed by atoms with E-state index in [-0.39, 0.29) is 0 Å². The van der Waals surface area contributed by atoms with Crippen molar-refractivity contribution in [2.24, 2.45) is 12.8 Å². The number of carbonyl (C=O) groups is 1. The molecule has 0 fully saturated rings. The van der Waals surface area contributed by atoms with Crippen LogP contribution in [0.3, 0.4) is 0 Å². The van der Waals surface area contributed by atoms with E-state index in [2.05, 4.69) is 15.5 Å². The number of hydrogen-bond acceptors (Lipinski definition) is 4. The lowest BCUT2D eigenvalue weighted by Gasteiger charge is -2.08. The highest BCUT2D eigenvalue weighted by Gasteiger charge is 2.13. The number of hydrogen-bond donors (Lipinski definition) is 2. The maximum atomic E-state index is 10.9. The molecule has 8 heteroatoms. The van der Waals surface area contributed by atoms with Crippen LogP contribution in [0.4, 0.5) is 4.79 Å². The maximum Gasteiger partial charge on any atom is 0.312 e. The molecule has 0 radical (unpaired) electrons. The van der Waals surface area contributed by atoms with Gasteiger partial charge in [-0.2, -0.15) is 10.2 Å². The fourth-order valence-electron chi connectivity index (χ4n) is 2.34. The van der Waals surface area contributed by atoms with E-state index in [4.69, 9.17) is 10.5 Å². The minimum atomic E-state index is -0.578. The lowest BCUT2D eigenvalue weighted by Crippen LogP contribution is -2.28. The molecule has 0 aromatic carbocycles. The molecule has 3 N–H and O–H groups in total. The number of aryl methyl sites for hydroxylation is 1. The summed E-state index contributed by atoms with van der Waals surface area (Å²) in [5.74, 6) is 0.667. The van der Waals surface area contributed by atoms with Gasteiger partial charge < -0.3 is 15.8 Å². The molecule has 0 saturated carbocycles. The zero-order valence-corrected chi connectivity index (χ0v) is 12.3. The largest absolute Gasteiger partial charge is 0.494 e. The van der Waals surface area contributed by atoms with Crippen molar-refractivity contribution in [2.75, 3.05) is 7.11 Å². The van der Waals surface area contributed by atoms with E-state index in [0.717, 1.165) is 22.2 Å². The molecule has 0 saturated heterocycles. The van der Waals surface area contributed by atoms with Gasteiger partial charge in [0.15, 0.2) is 0 Å². The van der Waals surface area contributed by atoms with Gasteiger partial charge in [0.1, 0.15) is 11.3 Å². The van der Waals surface area contributed by atoms with Crippen LogP contribution in [0, 0.1) is 0 Å². The van der Waals surface area contributed by atoms with Crippen molar-refractivity contribution < 1.29 is 9.53 Å². The van der Waals surface area contributed by atoms with Crippen molar-refractivity contribution in [3.05, 3.63) is 36.4 Å². The number of nitrogens with one attached hydrogen (secondary N) is 1. The van der Waals surface area contributed by atoms with Gasteiger partial charge in [0.2, 0.25) is 0 Å². The highest BCUT2D eigenvalue weighted by molar-refractivity contribution is 5.75. The van der Waals surface area contributed by atoms with Crippen LogP contribution in [-0.4, -0.2) is 32.5 Å². The third-order valence-electron chi connectivity index (χ3n) is 3.36. The Kier molecular flexibility index (Phi) is 3.42. The monoisotopic (exact) mass is 300 g/mol. The van der Waals surface area contributed by atoms with Crippen LogP contribution in [-0.2, 0) is 13.6 Å². The van der Waals surface area contributed by atoms with Crippen molar-refractivity contribution in [2.45, 2.75) is 6.54 Å². The Bertz CT molecular complexity index is 835. The lowest BCUT2D eigenvalue weighted by atomic mass is 10.1. The van der Waals surface area contributed by atoms with Crippen molar-refractivity contribution in [1.29, 1.82) is 0 Å². The topological polar surface area (TPSA) is 99.5 Å². The van der Waals surface area contributed by atoms with Crippen LogP contribution in [0.2, 0.25) is 0 Å². The SMILES string of the molecule is COc1cc(-c2cnn(C)c2)cn2ncc(CNC(N)=O)c12. The second-order valence-electron chi connectivity index (χ2n) is 4.88. The number of carbonyl (C=O) groups excluding carboxylic acids is 1. The molecule has 22 heavy (non-hydrogen) atoms. The van der Waals surface area contributed by atoms with E-state index < -0.39 is 6.03 Å². The summed E-state index contributed by atoms with van der Waals surface area (Å²) in [5, 5.41) is 11.0. The van der Waals surface area contributed by atoms with E-state index in [1.54, 1.807) is 28.7 Å². The fourth-order valence-corrected chi connectivity index (χ4v) is 2.34. The molecule has 0 bridgehead atoms. The maximum absolute atomic E-state index is 10.9. The number of urea groups is 1. The van der Waals surface area contributed by atoms with Gasteiger partial charge in [-0.1, -0.05) is 0 Å². The fraction of sp³-hybridized carbons (Fsp3) is 0.214. The first-order valence-electron chi connectivity index (χ1n) is 6.65. The predicted molar refractivity (Wildman–Crippen MR) is 80.4 cm³/mol.